The van der Waals surface area contributed by atoms with E-state index in [1.165, 1.54) is 10.9 Å². The number of H-pyrrole nitrogens is 1. The normalized spacial score (nSPS) is 29.2. The van der Waals surface area contributed by atoms with Crippen LogP contribution in [0, 0.1) is 0 Å². The van der Waals surface area contributed by atoms with E-state index in [4.69, 9.17) is 5.73 Å². The van der Waals surface area contributed by atoms with Crippen LogP contribution in [0.3, 0.4) is 0 Å². The molecule has 0 aliphatic heterocycles. The van der Waals surface area contributed by atoms with Crippen LogP contribution < -0.4 is 5.73 Å². The van der Waals surface area contributed by atoms with E-state index in [0.717, 1.165) is 18.4 Å². The van der Waals surface area contributed by atoms with E-state index in [0.29, 0.717) is 6.54 Å². The number of aromatic amines is 1. The molecule has 1 heterocycles. The quantitative estimate of drug-likeness (QED) is 0.712. The topological polar surface area (TPSA) is 62.0 Å². The first kappa shape index (κ1) is 9.87. The average molecular weight is 216 g/mol. The van der Waals surface area contributed by atoms with Gasteiger partial charge >= 0.3 is 0 Å². The van der Waals surface area contributed by atoms with Gasteiger partial charge in [-0.25, -0.2) is 0 Å². The number of rotatable bonds is 2. The van der Waals surface area contributed by atoms with Gasteiger partial charge in [0.1, 0.15) is 0 Å². The van der Waals surface area contributed by atoms with Crippen LogP contribution >= 0.6 is 0 Å². The third-order valence-electron chi connectivity index (χ3n) is 3.81. The number of nitrogens with two attached hydrogens (primary N) is 1. The Morgan fingerprint density at radius 2 is 2.19 bits per heavy atom. The maximum atomic E-state index is 9.49. The second-order valence-electron chi connectivity index (χ2n) is 4.83. The van der Waals surface area contributed by atoms with Crippen molar-refractivity contribution in [1.82, 2.24) is 4.98 Å². The molecule has 0 amide bonds. The van der Waals surface area contributed by atoms with Crippen LogP contribution in [0.25, 0.3) is 10.9 Å². The van der Waals surface area contributed by atoms with E-state index in [2.05, 4.69) is 29.2 Å². The molecule has 2 aromatic rings. The molecule has 0 bridgehead atoms. The number of aliphatic hydroxyl groups excluding tert-OH is 1. The molecule has 0 atom stereocenters. The fourth-order valence-corrected chi connectivity index (χ4v) is 2.75. The lowest BCUT2D eigenvalue weighted by atomic mass is 9.62. The van der Waals surface area contributed by atoms with Crippen molar-refractivity contribution in [2.45, 2.75) is 24.4 Å². The van der Waals surface area contributed by atoms with Gasteiger partial charge in [-0.1, -0.05) is 6.07 Å². The number of nitrogens with one attached hydrogen (secondary N) is 1. The molecule has 0 spiro atoms. The summed E-state index contributed by atoms with van der Waals surface area (Å²) in [4.78, 5) is 3.18. The van der Waals surface area contributed by atoms with Gasteiger partial charge < -0.3 is 15.8 Å². The molecule has 16 heavy (non-hydrogen) atoms. The molecule has 1 aromatic carbocycles. The fourth-order valence-electron chi connectivity index (χ4n) is 2.75. The Morgan fingerprint density at radius 1 is 1.38 bits per heavy atom. The predicted octanol–water partition coefficient (Wildman–Crippen LogP) is 1.52. The van der Waals surface area contributed by atoms with Crippen LogP contribution in [0.5, 0.6) is 0 Å². The maximum Gasteiger partial charge on any atom is 0.0558 e. The first-order valence-electron chi connectivity index (χ1n) is 5.69. The molecule has 3 heteroatoms. The third-order valence-corrected chi connectivity index (χ3v) is 3.81. The largest absolute Gasteiger partial charge is 0.393 e. The minimum atomic E-state index is -0.175. The van der Waals surface area contributed by atoms with E-state index in [-0.39, 0.29) is 11.5 Å². The standard InChI is InChI=1S/C13H16N2O/c14-8-13(6-11(16)7-13)10-1-2-12-9(5-10)3-4-15-12/h1-5,11,15-16H,6-8,14H2. The third kappa shape index (κ3) is 1.29. The number of fused-ring (bicyclic) bond motifs is 1. The first-order chi connectivity index (χ1) is 7.73. The Balaban J connectivity index is 2.04. The van der Waals surface area contributed by atoms with Gasteiger partial charge in [-0.15, -0.1) is 0 Å². The molecule has 3 rings (SSSR count). The molecule has 1 aliphatic carbocycles. The van der Waals surface area contributed by atoms with Gasteiger partial charge in [0.25, 0.3) is 0 Å². The van der Waals surface area contributed by atoms with Gasteiger partial charge in [0, 0.05) is 23.7 Å². The summed E-state index contributed by atoms with van der Waals surface area (Å²) in [6.07, 6.45) is 3.35. The lowest BCUT2D eigenvalue weighted by Crippen LogP contribution is -2.49. The lowest BCUT2D eigenvalue weighted by molar-refractivity contribution is 0.0222. The zero-order valence-electron chi connectivity index (χ0n) is 9.11. The molecule has 4 N–H and O–H groups in total. The molecule has 0 saturated heterocycles. The summed E-state index contributed by atoms with van der Waals surface area (Å²) in [6, 6.07) is 8.47. The van der Waals surface area contributed by atoms with Crippen LogP contribution in [0.1, 0.15) is 18.4 Å². The van der Waals surface area contributed by atoms with Gasteiger partial charge in [0.2, 0.25) is 0 Å². The minimum absolute atomic E-state index is 0.00484. The number of benzene rings is 1. The molecule has 1 saturated carbocycles. The summed E-state index contributed by atoms with van der Waals surface area (Å²) < 4.78 is 0. The average Bonchev–Trinajstić information content (AvgIpc) is 2.71. The van der Waals surface area contributed by atoms with Gasteiger partial charge in [-0.05, 0) is 42.0 Å². The van der Waals surface area contributed by atoms with E-state index in [9.17, 15) is 5.11 Å². The Hall–Kier alpha value is -1.32. The highest BCUT2D eigenvalue weighted by Gasteiger charge is 2.43. The van der Waals surface area contributed by atoms with Crippen molar-refractivity contribution >= 4 is 10.9 Å². The van der Waals surface area contributed by atoms with E-state index in [1.54, 1.807) is 0 Å². The van der Waals surface area contributed by atoms with Crippen molar-refractivity contribution in [2.24, 2.45) is 5.73 Å². The summed E-state index contributed by atoms with van der Waals surface area (Å²) in [7, 11) is 0. The van der Waals surface area contributed by atoms with Crippen LogP contribution in [0.2, 0.25) is 0 Å². The summed E-state index contributed by atoms with van der Waals surface area (Å²) in [5, 5.41) is 10.7. The Labute approximate surface area is 94.3 Å². The number of hydrogen-bond acceptors (Lipinski definition) is 2. The molecule has 0 radical (unpaired) electrons. The predicted molar refractivity (Wildman–Crippen MR) is 64.3 cm³/mol. The summed E-state index contributed by atoms with van der Waals surface area (Å²) in [5.41, 5.74) is 8.27. The summed E-state index contributed by atoms with van der Waals surface area (Å²) in [5.74, 6) is 0. The van der Waals surface area contributed by atoms with Crippen molar-refractivity contribution in [2.75, 3.05) is 6.54 Å². The SMILES string of the molecule is NCC1(c2ccc3[nH]ccc3c2)CC(O)C1. The number of hydrogen-bond donors (Lipinski definition) is 3. The smallest absolute Gasteiger partial charge is 0.0558 e. The van der Waals surface area contributed by atoms with Crippen molar-refractivity contribution in [3.63, 3.8) is 0 Å². The highest BCUT2D eigenvalue weighted by Crippen LogP contribution is 2.43. The lowest BCUT2D eigenvalue weighted by Gasteiger charge is -2.45. The molecule has 1 fully saturated rings. The van der Waals surface area contributed by atoms with Crippen molar-refractivity contribution < 1.29 is 5.11 Å². The number of aromatic nitrogens is 1. The van der Waals surface area contributed by atoms with Gasteiger partial charge in [-0.2, -0.15) is 0 Å². The van der Waals surface area contributed by atoms with E-state index >= 15 is 0 Å². The Bertz CT molecular complexity index is 511. The zero-order valence-corrected chi connectivity index (χ0v) is 9.11. The van der Waals surface area contributed by atoms with Crippen LogP contribution in [0.15, 0.2) is 30.5 Å². The Morgan fingerprint density at radius 3 is 2.88 bits per heavy atom. The molecule has 1 aliphatic rings. The highest BCUT2D eigenvalue weighted by atomic mass is 16.3. The zero-order chi connectivity index (χ0) is 11.2. The fraction of sp³-hybridized carbons (Fsp3) is 0.385. The molecule has 0 unspecified atom stereocenters. The molecule has 3 nitrogen and oxygen atoms in total. The molecule has 84 valence electrons. The van der Waals surface area contributed by atoms with Crippen LogP contribution in [-0.4, -0.2) is 22.7 Å². The van der Waals surface area contributed by atoms with Gasteiger partial charge in [0.05, 0.1) is 6.10 Å². The highest BCUT2D eigenvalue weighted by molar-refractivity contribution is 5.80. The summed E-state index contributed by atoms with van der Waals surface area (Å²) in [6.45, 7) is 0.611. The van der Waals surface area contributed by atoms with Crippen molar-refractivity contribution in [3.05, 3.63) is 36.0 Å². The van der Waals surface area contributed by atoms with Gasteiger partial charge in [0.15, 0.2) is 0 Å². The van der Waals surface area contributed by atoms with Crippen LogP contribution in [0.4, 0.5) is 0 Å². The maximum absolute atomic E-state index is 9.49. The van der Waals surface area contributed by atoms with E-state index in [1.807, 2.05) is 6.20 Å². The second kappa shape index (κ2) is 3.34. The van der Waals surface area contributed by atoms with Crippen molar-refractivity contribution in [3.8, 4) is 0 Å². The van der Waals surface area contributed by atoms with Crippen molar-refractivity contribution in [1.29, 1.82) is 0 Å². The monoisotopic (exact) mass is 216 g/mol. The molecular formula is C13H16N2O. The molecular weight excluding hydrogens is 200 g/mol. The van der Waals surface area contributed by atoms with E-state index < -0.39 is 0 Å². The first-order valence-corrected chi connectivity index (χ1v) is 5.69. The second-order valence-corrected chi connectivity index (χ2v) is 4.83. The van der Waals surface area contributed by atoms with Gasteiger partial charge in [-0.3, -0.25) is 0 Å². The number of aliphatic hydroxyl groups is 1. The Kier molecular flexibility index (Phi) is 2.06. The molecule has 1 aromatic heterocycles. The van der Waals surface area contributed by atoms with Crippen LogP contribution in [-0.2, 0) is 5.41 Å². The minimum Gasteiger partial charge on any atom is -0.393 e. The summed E-state index contributed by atoms with van der Waals surface area (Å²) >= 11 is 0.